The number of hydrogen-bond acceptors (Lipinski definition) is 5. The molecule has 2 rings (SSSR count). The molecule has 2 heterocycles. The van der Waals surface area contributed by atoms with Gasteiger partial charge >= 0.3 is 11.7 Å². The Balaban J connectivity index is 1.82. The highest BCUT2D eigenvalue weighted by atomic mass is 32.2. The number of amides is 3. The Hall–Kier alpha value is -1.77. The van der Waals surface area contributed by atoms with Crippen LogP contribution >= 0.6 is 11.8 Å². The van der Waals surface area contributed by atoms with Gasteiger partial charge in [0.25, 0.3) is 0 Å². The van der Waals surface area contributed by atoms with Gasteiger partial charge in [-0.15, -0.1) is 5.10 Å². The van der Waals surface area contributed by atoms with E-state index in [0.29, 0.717) is 17.5 Å². The van der Waals surface area contributed by atoms with Crippen molar-refractivity contribution in [2.45, 2.75) is 5.16 Å². The standard InChI is InChI=1S/C7H9N5O3S/c13-4-3-8-7(15)12(4)1-2-16-6-9-5(14)10-11-6/h1-3H2,(H,8,15)(H2,9,10,11,14). The van der Waals surface area contributed by atoms with E-state index in [1.807, 2.05) is 0 Å². The van der Waals surface area contributed by atoms with Gasteiger partial charge in [-0.2, -0.15) is 0 Å². The molecule has 0 atom stereocenters. The monoisotopic (exact) mass is 243 g/mol. The summed E-state index contributed by atoms with van der Waals surface area (Å²) in [5, 5.41) is 8.77. The van der Waals surface area contributed by atoms with Crippen molar-refractivity contribution in [3.05, 3.63) is 10.5 Å². The Morgan fingerprint density at radius 3 is 2.75 bits per heavy atom. The van der Waals surface area contributed by atoms with Crippen molar-refractivity contribution in [3.8, 4) is 0 Å². The number of thioether (sulfide) groups is 1. The Bertz CT molecular complexity index is 451. The lowest BCUT2D eigenvalue weighted by atomic mass is 10.5. The number of imide groups is 1. The molecule has 1 aromatic rings. The van der Waals surface area contributed by atoms with E-state index in [2.05, 4.69) is 20.5 Å². The first-order valence-electron chi connectivity index (χ1n) is 4.52. The molecule has 1 aliphatic rings. The first-order chi connectivity index (χ1) is 7.66. The third-order valence-electron chi connectivity index (χ3n) is 1.97. The van der Waals surface area contributed by atoms with E-state index < -0.39 is 0 Å². The van der Waals surface area contributed by atoms with Crippen LogP contribution in [0.5, 0.6) is 0 Å². The summed E-state index contributed by atoms with van der Waals surface area (Å²) in [7, 11) is 0. The number of aromatic amines is 2. The lowest BCUT2D eigenvalue weighted by Crippen LogP contribution is -2.32. The number of nitrogens with zero attached hydrogens (tertiary/aromatic N) is 2. The number of carbonyl (C=O) groups excluding carboxylic acids is 2. The molecule has 86 valence electrons. The average Bonchev–Trinajstić information content (AvgIpc) is 2.78. The van der Waals surface area contributed by atoms with E-state index in [1.165, 1.54) is 11.8 Å². The zero-order valence-electron chi connectivity index (χ0n) is 8.15. The van der Waals surface area contributed by atoms with Crippen molar-refractivity contribution >= 4 is 23.7 Å². The Labute approximate surface area is 93.8 Å². The normalized spacial score (nSPS) is 15.6. The minimum absolute atomic E-state index is 0.0583. The summed E-state index contributed by atoms with van der Waals surface area (Å²) in [6.45, 7) is 0.354. The van der Waals surface area contributed by atoms with Crippen LogP contribution in [0.15, 0.2) is 9.95 Å². The molecule has 9 heteroatoms. The maximum absolute atomic E-state index is 11.2. The van der Waals surface area contributed by atoms with Crippen molar-refractivity contribution in [1.82, 2.24) is 25.4 Å². The summed E-state index contributed by atoms with van der Waals surface area (Å²) in [5.74, 6) is 0.251. The lowest BCUT2D eigenvalue weighted by molar-refractivity contribution is -0.124. The minimum atomic E-state index is -0.377. The second kappa shape index (κ2) is 4.39. The van der Waals surface area contributed by atoms with Gasteiger partial charge in [0, 0.05) is 12.3 Å². The molecule has 8 nitrogen and oxygen atoms in total. The third kappa shape index (κ3) is 2.24. The van der Waals surface area contributed by atoms with Crippen LogP contribution in [0.25, 0.3) is 0 Å². The number of hydrogen-bond donors (Lipinski definition) is 3. The second-order valence-electron chi connectivity index (χ2n) is 3.04. The van der Waals surface area contributed by atoms with Gasteiger partial charge in [-0.25, -0.2) is 14.7 Å². The maximum Gasteiger partial charge on any atom is 0.341 e. The summed E-state index contributed by atoms with van der Waals surface area (Å²) in [5.41, 5.74) is -0.377. The summed E-state index contributed by atoms with van der Waals surface area (Å²) < 4.78 is 0. The molecular formula is C7H9N5O3S. The van der Waals surface area contributed by atoms with Crippen LogP contribution in [-0.2, 0) is 4.79 Å². The first-order valence-corrected chi connectivity index (χ1v) is 5.51. The largest absolute Gasteiger partial charge is 0.341 e. The maximum atomic E-state index is 11.2. The predicted octanol–water partition coefficient (Wildman–Crippen LogP) is -1.26. The molecule has 16 heavy (non-hydrogen) atoms. The van der Waals surface area contributed by atoms with Gasteiger partial charge in [-0.3, -0.25) is 14.7 Å². The third-order valence-corrected chi connectivity index (χ3v) is 2.82. The number of carbonyl (C=O) groups is 2. The fourth-order valence-corrected chi connectivity index (χ4v) is 1.98. The molecule has 0 spiro atoms. The summed E-state index contributed by atoms with van der Waals surface area (Å²) in [6, 6.07) is -0.374. The average molecular weight is 243 g/mol. The van der Waals surface area contributed by atoms with Gasteiger partial charge in [0.15, 0.2) is 5.16 Å². The Morgan fingerprint density at radius 2 is 2.19 bits per heavy atom. The summed E-state index contributed by atoms with van der Waals surface area (Å²) in [4.78, 5) is 36.6. The van der Waals surface area contributed by atoms with Gasteiger partial charge in [0.05, 0.1) is 6.54 Å². The van der Waals surface area contributed by atoms with E-state index in [4.69, 9.17) is 0 Å². The van der Waals surface area contributed by atoms with Crippen LogP contribution in [0, 0.1) is 0 Å². The van der Waals surface area contributed by atoms with Gasteiger partial charge < -0.3 is 5.32 Å². The summed E-state index contributed by atoms with van der Waals surface area (Å²) >= 11 is 1.26. The SMILES string of the molecule is O=C1CNC(=O)N1CCSc1n[nH]c(=O)[nH]1. The molecule has 3 amide bonds. The molecule has 1 aliphatic heterocycles. The van der Waals surface area contributed by atoms with Crippen molar-refractivity contribution in [2.75, 3.05) is 18.8 Å². The van der Waals surface area contributed by atoms with E-state index >= 15 is 0 Å². The molecule has 0 bridgehead atoms. The number of nitrogens with one attached hydrogen (secondary N) is 3. The Kier molecular flexibility index (Phi) is 2.95. The van der Waals surface area contributed by atoms with Gasteiger partial charge in [0.1, 0.15) is 0 Å². The molecular weight excluding hydrogens is 234 g/mol. The number of aromatic nitrogens is 3. The fourth-order valence-electron chi connectivity index (χ4n) is 1.24. The second-order valence-corrected chi connectivity index (χ2v) is 4.12. The van der Waals surface area contributed by atoms with Crippen molar-refractivity contribution in [3.63, 3.8) is 0 Å². The van der Waals surface area contributed by atoms with E-state index in [1.54, 1.807) is 0 Å². The quantitative estimate of drug-likeness (QED) is 0.451. The molecule has 0 saturated carbocycles. The molecule has 0 aromatic carbocycles. The molecule has 0 unspecified atom stereocenters. The van der Waals surface area contributed by atoms with Gasteiger partial charge in [0.2, 0.25) is 5.91 Å². The van der Waals surface area contributed by atoms with E-state index in [9.17, 15) is 14.4 Å². The molecule has 0 radical (unpaired) electrons. The number of H-pyrrole nitrogens is 2. The minimum Gasteiger partial charge on any atom is -0.329 e. The first kappa shape index (κ1) is 10.7. The van der Waals surface area contributed by atoms with E-state index in [0.717, 1.165) is 4.90 Å². The van der Waals surface area contributed by atoms with Crippen LogP contribution in [0.2, 0.25) is 0 Å². The van der Waals surface area contributed by atoms with Crippen molar-refractivity contribution in [1.29, 1.82) is 0 Å². The highest BCUT2D eigenvalue weighted by Gasteiger charge is 2.27. The zero-order valence-corrected chi connectivity index (χ0v) is 8.97. The van der Waals surface area contributed by atoms with Crippen LogP contribution in [0.3, 0.4) is 0 Å². The molecule has 1 aromatic heterocycles. The lowest BCUT2D eigenvalue weighted by Gasteiger charge is -2.10. The van der Waals surface area contributed by atoms with Crippen LogP contribution in [-0.4, -0.2) is 50.9 Å². The molecule has 0 aliphatic carbocycles. The van der Waals surface area contributed by atoms with Crippen molar-refractivity contribution < 1.29 is 9.59 Å². The smallest absolute Gasteiger partial charge is 0.329 e. The zero-order chi connectivity index (χ0) is 11.5. The van der Waals surface area contributed by atoms with Gasteiger partial charge in [-0.1, -0.05) is 11.8 Å². The molecule has 1 fully saturated rings. The van der Waals surface area contributed by atoms with Crippen molar-refractivity contribution in [2.24, 2.45) is 0 Å². The number of rotatable bonds is 4. The predicted molar refractivity (Wildman–Crippen MR) is 55.0 cm³/mol. The van der Waals surface area contributed by atoms with Crippen LogP contribution < -0.4 is 11.0 Å². The highest BCUT2D eigenvalue weighted by molar-refractivity contribution is 7.99. The number of urea groups is 1. The Morgan fingerprint density at radius 1 is 1.38 bits per heavy atom. The van der Waals surface area contributed by atoms with Crippen LogP contribution in [0.4, 0.5) is 4.79 Å². The topological polar surface area (TPSA) is 111 Å². The van der Waals surface area contributed by atoms with Gasteiger partial charge in [-0.05, 0) is 0 Å². The summed E-state index contributed by atoms with van der Waals surface area (Å²) in [6.07, 6.45) is 0. The molecule has 1 saturated heterocycles. The molecule has 3 N–H and O–H groups in total. The fraction of sp³-hybridized carbons (Fsp3) is 0.429. The highest BCUT2D eigenvalue weighted by Crippen LogP contribution is 2.10. The van der Waals surface area contributed by atoms with E-state index in [-0.39, 0.29) is 24.2 Å². The van der Waals surface area contributed by atoms with Crippen LogP contribution in [0.1, 0.15) is 0 Å².